The van der Waals surface area contributed by atoms with Gasteiger partial charge in [-0.15, -0.1) is 0 Å². The third kappa shape index (κ3) is 5.59. The van der Waals surface area contributed by atoms with Gasteiger partial charge < -0.3 is 9.47 Å². The molecule has 13 heteroatoms. The van der Waals surface area contributed by atoms with Crippen molar-refractivity contribution in [1.82, 2.24) is 0 Å². The SMILES string of the molecule is COc1ccc(S(=O)(=O)/N=C2C(Cl)=C/C(=N\S(=O)(=O)c3ccc(OC)cc3)C(Cl)=C/2Cl)cc1. The van der Waals surface area contributed by atoms with Crippen molar-refractivity contribution in [2.45, 2.75) is 9.79 Å². The molecule has 174 valence electrons. The second-order valence-corrected chi connectivity index (χ2v) is 10.7. The number of nitrogens with zero attached hydrogens (tertiary/aromatic N) is 2. The fraction of sp³-hybridized carbons (Fsp3) is 0.100. The molecule has 2 aromatic rings. The number of rotatable bonds is 6. The van der Waals surface area contributed by atoms with E-state index in [0.717, 1.165) is 6.08 Å². The highest BCUT2D eigenvalue weighted by atomic mass is 35.5. The normalized spacial score (nSPS) is 17.3. The van der Waals surface area contributed by atoms with Crippen LogP contribution in [-0.2, 0) is 20.0 Å². The zero-order chi connectivity index (χ0) is 24.4. The van der Waals surface area contributed by atoms with E-state index in [1.807, 2.05) is 0 Å². The van der Waals surface area contributed by atoms with E-state index in [0.29, 0.717) is 11.5 Å². The number of sulfonamides is 2. The molecular formula is C20H15Cl3N2O6S2. The Morgan fingerprint density at radius 1 is 0.667 bits per heavy atom. The number of ether oxygens (including phenoxy) is 2. The molecule has 3 rings (SSSR count). The summed E-state index contributed by atoms with van der Waals surface area (Å²) in [4.78, 5) is -0.259. The van der Waals surface area contributed by atoms with Crippen LogP contribution in [0.1, 0.15) is 0 Å². The lowest BCUT2D eigenvalue weighted by molar-refractivity contribution is 0.414. The van der Waals surface area contributed by atoms with Crippen molar-refractivity contribution in [3.8, 4) is 11.5 Å². The van der Waals surface area contributed by atoms with E-state index in [4.69, 9.17) is 44.3 Å². The Balaban J connectivity index is 2.00. The largest absolute Gasteiger partial charge is 0.497 e. The molecule has 1 aliphatic carbocycles. The van der Waals surface area contributed by atoms with E-state index in [2.05, 4.69) is 8.80 Å². The van der Waals surface area contributed by atoms with E-state index < -0.39 is 20.0 Å². The summed E-state index contributed by atoms with van der Waals surface area (Å²) in [6.45, 7) is 0. The predicted molar refractivity (Wildman–Crippen MR) is 128 cm³/mol. The Morgan fingerprint density at radius 3 is 1.52 bits per heavy atom. The Kier molecular flexibility index (Phi) is 7.55. The second-order valence-electron chi connectivity index (χ2n) is 6.34. The van der Waals surface area contributed by atoms with Crippen LogP contribution in [0.25, 0.3) is 0 Å². The number of hydrogen-bond acceptors (Lipinski definition) is 6. The van der Waals surface area contributed by atoms with Gasteiger partial charge >= 0.3 is 0 Å². The van der Waals surface area contributed by atoms with Crippen LogP contribution in [0.2, 0.25) is 0 Å². The molecule has 0 saturated heterocycles. The van der Waals surface area contributed by atoms with Gasteiger partial charge in [0.05, 0.1) is 44.8 Å². The van der Waals surface area contributed by atoms with E-state index in [9.17, 15) is 16.8 Å². The summed E-state index contributed by atoms with van der Waals surface area (Å²) in [5.74, 6) is 0.916. The van der Waals surface area contributed by atoms with Crippen molar-refractivity contribution in [2.24, 2.45) is 8.80 Å². The minimum atomic E-state index is -4.22. The highest BCUT2D eigenvalue weighted by Crippen LogP contribution is 2.31. The lowest BCUT2D eigenvalue weighted by Gasteiger charge is -2.14. The zero-order valence-corrected chi connectivity index (χ0v) is 20.9. The van der Waals surface area contributed by atoms with Crippen LogP contribution in [0.15, 0.2) is 88.3 Å². The van der Waals surface area contributed by atoms with Gasteiger partial charge in [-0.3, -0.25) is 0 Å². The maximum Gasteiger partial charge on any atom is 0.282 e. The predicted octanol–water partition coefficient (Wildman–Crippen LogP) is 4.49. The van der Waals surface area contributed by atoms with E-state index in [1.54, 1.807) is 0 Å². The van der Waals surface area contributed by atoms with E-state index in [1.165, 1.54) is 62.8 Å². The quantitative estimate of drug-likeness (QED) is 0.491. The van der Waals surface area contributed by atoms with Crippen molar-refractivity contribution in [3.63, 3.8) is 0 Å². The molecule has 2 aromatic carbocycles. The standard InChI is InChI=1S/C20H15Cl3N2O6S2/c1-30-12-3-7-14(8-4-12)32(26,27)24-17-11-16(21)20(19(23)18(17)22)25-33(28,29)15-9-5-13(31-2)6-10-15/h3-11H,1-2H3/b24-17+,25-20-. The van der Waals surface area contributed by atoms with Crippen LogP contribution in [-0.4, -0.2) is 42.5 Å². The van der Waals surface area contributed by atoms with Gasteiger partial charge in [-0.25, -0.2) is 0 Å². The molecule has 0 N–H and O–H groups in total. The van der Waals surface area contributed by atoms with Crippen molar-refractivity contribution >= 4 is 66.3 Å². The number of benzene rings is 2. The van der Waals surface area contributed by atoms with Gasteiger partial charge in [0.25, 0.3) is 20.0 Å². The molecule has 0 heterocycles. The number of halogens is 3. The summed E-state index contributed by atoms with van der Waals surface area (Å²) in [6, 6.07) is 11.0. The molecule has 0 unspecified atom stereocenters. The van der Waals surface area contributed by atoms with Gasteiger partial charge in [-0.05, 0) is 54.6 Å². The Labute approximate surface area is 205 Å². The summed E-state index contributed by atoms with van der Waals surface area (Å²) in [5, 5.41) is -0.961. The molecule has 0 saturated carbocycles. The van der Waals surface area contributed by atoms with E-state index >= 15 is 0 Å². The third-order valence-corrected chi connectivity index (χ3v) is 7.99. The molecule has 0 aliphatic heterocycles. The first kappa shape index (κ1) is 25.3. The van der Waals surface area contributed by atoms with Crippen LogP contribution >= 0.6 is 34.8 Å². The Hall–Kier alpha value is -2.37. The summed E-state index contributed by atoms with van der Waals surface area (Å²) in [7, 11) is -5.52. The van der Waals surface area contributed by atoms with Crippen LogP contribution in [0.3, 0.4) is 0 Å². The maximum atomic E-state index is 12.7. The zero-order valence-electron chi connectivity index (χ0n) is 17.0. The minimum absolute atomic E-state index is 0.123. The molecule has 0 atom stereocenters. The minimum Gasteiger partial charge on any atom is -0.497 e. The number of allylic oxidation sites excluding steroid dienone is 4. The molecule has 0 amide bonds. The third-order valence-electron chi connectivity index (χ3n) is 4.26. The highest BCUT2D eigenvalue weighted by Gasteiger charge is 2.27. The van der Waals surface area contributed by atoms with Crippen LogP contribution in [0, 0.1) is 0 Å². The first-order valence-corrected chi connectivity index (χ1v) is 12.9. The topological polar surface area (TPSA) is 111 Å². The first-order valence-electron chi connectivity index (χ1n) is 8.90. The number of methoxy groups -OCH3 is 2. The monoisotopic (exact) mass is 548 g/mol. The van der Waals surface area contributed by atoms with Gasteiger partial charge in [-0.2, -0.15) is 25.6 Å². The molecule has 8 nitrogen and oxygen atoms in total. The summed E-state index contributed by atoms with van der Waals surface area (Å²) in [5.41, 5.74) is -0.622. The molecule has 0 bridgehead atoms. The van der Waals surface area contributed by atoms with Gasteiger partial charge in [0.15, 0.2) is 0 Å². The molecule has 33 heavy (non-hydrogen) atoms. The molecule has 0 aromatic heterocycles. The van der Waals surface area contributed by atoms with Gasteiger partial charge in [0, 0.05) is 0 Å². The fourth-order valence-electron chi connectivity index (χ4n) is 2.57. The average molecular weight is 550 g/mol. The van der Waals surface area contributed by atoms with Crippen molar-refractivity contribution in [2.75, 3.05) is 14.2 Å². The van der Waals surface area contributed by atoms with Crippen LogP contribution in [0.4, 0.5) is 0 Å². The smallest absolute Gasteiger partial charge is 0.282 e. The Bertz CT molecular complexity index is 1410. The molecular weight excluding hydrogens is 535 g/mol. The summed E-state index contributed by atoms with van der Waals surface area (Å²) >= 11 is 18.5. The second kappa shape index (κ2) is 9.86. The van der Waals surface area contributed by atoms with Gasteiger partial charge in [0.1, 0.15) is 17.2 Å². The number of hydrogen-bond donors (Lipinski definition) is 0. The highest BCUT2D eigenvalue weighted by molar-refractivity contribution is 7.90. The molecule has 0 fully saturated rings. The average Bonchev–Trinajstić information content (AvgIpc) is 2.80. The van der Waals surface area contributed by atoms with Crippen LogP contribution < -0.4 is 9.47 Å². The lowest BCUT2D eigenvalue weighted by atomic mass is 10.1. The van der Waals surface area contributed by atoms with Crippen LogP contribution in [0.5, 0.6) is 11.5 Å². The van der Waals surface area contributed by atoms with Crippen molar-refractivity contribution in [3.05, 3.63) is 69.7 Å². The summed E-state index contributed by atoms with van der Waals surface area (Å²) < 4.78 is 68.0. The molecule has 1 aliphatic rings. The lowest BCUT2D eigenvalue weighted by Crippen LogP contribution is -2.16. The van der Waals surface area contributed by atoms with Crippen molar-refractivity contribution in [1.29, 1.82) is 0 Å². The van der Waals surface area contributed by atoms with Gasteiger partial charge in [0.2, 0.25) is 0 Å². The molecule has 0 spiro atoms. The maximum absolute atomic E-state index is 12.7. The first-order chi connectivity index (χ1) is 15.5. The van der Waals surface area contributed by atoms with Gasteiger partial charge in [-0.1, -0.05) is 34.8 Å². The molecule has 0 radical (unpaired) electrons. The summed E-state index contributed by atoms with van der Waals surface area (Å²) in [6.07, 6.45) is 1.07. The van der Waals surface area contributed by atoms with Crippen molar-refractivity contribution < 1.29 is 26.3 Å². The Morgan fingerprint density at radius 2 is 1.09 bits per heavy atom. The fourth-order valence-corrected chi connectivity index (χ4v) is 5.44. The van der Waals surface area contributed by atoms with E-state index in [-0.39, 0.29) is 36.3 Å².